The van der Waals surface area contributed by atoms with Crippen molar-refractivity contribution in [1.82, 2.24) is 0 Å². The van der Waals surface area contributed by atoms with E-state index in [0.717, 1.165) is 5.56 Å². The maximum atomic E-state index is 11.9. The third-order valence-corrected chi connectivity index (χ3v) is 3.34. The predicted molar refractivity (Wildman–Crippen MR) is 86.6 cm³/mol. The van der Waals surface area contributed by atoms with Crippen LogP contribution < -0.4 is 5.32 Å². The van der Waals surface area contributed by atoms with Crippen molar-refractivity contribution in [2.45, 2.75) is 6.92 Å². The second-order valence-electron chi connectivity index (χ2n) is 4.62. The van der Waals surface area contributed by atoms with Crippen molar-refractivity contribution in [3.63, 3.8) is 0 Å². The lowest BCUT2D eigenvalue weighted by molar-refractivity contribution is -0.119. The van der Waals surface area contributed by atoms with Crippen molar-refractivity contribution in [1.29, 1.82) is 0 Å². The van der Waals surface area contributed by atoms with Crippen LogP contribution in [0.5, 0.6) is 0 Å². The zero-order chi connectivity index (χ0) is 16.1. The van der Waals surface area contributed by atoms with Gasteiger partial charge in [0.1, 0.15) is 0 Å². The molecule has 0 radical (unpaired) electrons. The van der Waals surface area contributed by atoms with Crippen LogP contribution in [0.15, 0.2) is 42.5 Å². The number of hydrogen-bond donors (Lipinski definition) is 1. The summed E-state index contributed by atoms with van der Waals surface area (Å²) in [5, 5.41) is 3.24. The molecule has 0 aromatic heterocycles. The van der Waals surface area contributed by atoms with Gasteiger partial charge in [-0.05, 0) is 42.8 Å². The van der Waals surface area contributed by atoms with Crippen LogP contribution in [0.4, 0.5) is 5.69 Å². The van der Waals surface area contributed by atoms with Crippen LogP contribution in [0.2, 0.25) is 10.0 Å². The largest absolute Gasteiger partial charge is 0.452 e. The van der Waals surface area contributed by atoms with E-state index in [9.17, 15) is 9.59 Å². The van der Waals surface area contributed by atoms with Gasteiger partial charge in [-0.2, -0.15) is 0 Å². The number of esters is 1. The molecule has 1 amide bonds. The minimum absolute atomic E-state index is 0.162. The fourth-order valence-electron chi connectivity index (χ4n) is 1.78. The molecule has 0 spiro atoms. The summed E-state index contributed by atoms with van der Waals surface area (Å²) in [6.07, 6.45) is 0. The van der Waals surface area contributed by atoms with Gasteiger partial charge >= 0.3 is 5.97 Å². The highest BCUT2D eigenvalue weighted by Crippen LogP contribution is 2.21. The third kappa shape index (κ3) is 4.48. The molecule has 0 aliphatic rings. The number of carbonyl (C=O) groups excluding carboxylic acids is 2. The lowest BCUT2D eigenvalue weighted by atomic mass is 10.2. The van der Waals surface area contributed by atoms with E-state index >= 15 is 0 Å². The van der Waals surface area contributed by atoms with Crippen molar-refractivity contribution in [2.75, 3.05) is 11.9 Å². The first-order chi connectivity index (χ1) is 10.5. The molecule has 0 saturated carbocycles. The molecular formula is C16H13Cl2NO3. The Hall–Kier alpha value is -2.04. The van der Waals surface area contributed by atoms with Gasteiger partial charge in [0.15, 0.2) is 6.61 Å². The Morgan fingerprint density at radius 1 is 1.14 bits per heavy atom. The van der Waals surface area contributed by atoms with Gasteiger partial charge < -0.3 is 10.1 Å². The SMILES string of the molecule is Cc1cccc(NC(=O)COC(=O)c2ccc(Cl)cc2Cl)c1. The van der Waals surface area contributed by atoms with Gasteiger partial charge in [0.2, 0.25) is 0 Å². The van der Waals surface area contributed by atoms with Gasteiger partial charge in [-0.3, -0.25) is 4.79 Å². The standard InChI is InChI=1S/C16H13Cl2NO3/c1-10-3-2-4-12(7-10)19-15(20)9-22-16(21)13-6-5-11(17)8-14(13)18/h2-8H,9H2,1H3,(H,19,20). The lowest BCUT2D eigenvalue weighted by Crippen LogP contribution is -2.21. The molecule has 0 aliphatic carbocycles. The van der Waals surface area contributed by atoms with E-state index in [1.165, 1.54) is 18.2 Å². The Morgan fingerprint density at radius 3 is 2.59 bits per heavy atom. The molecule has 2 aromatic rings. The molecule has 0 saturated heterocycles. The van der Waals surface area contributed by atoms with Gasteiger partial charge in [0.05, 0.1) is 10.6 Å². The molecule has 2 rings (SSSR count). The summed E-state index contributed by atoms with van der Waals surface area (Å²) >= 11 is 11.7. The number of amides is 1. The van der Waals surface area contributed by atoms with Crippen LogP contribution >= 0.6 is 23.2 Å². The Balaban J connectivity index is 1.92. The summed E-state index contributed by atoms with van der Waals surface area (Å²) in [5.41, 5.74) is 1.82. The van der Waals surface area contributed by atoms with Gasteiger partial charge in [0.25, 0.3) is 5.91 Å². The molecule has 0 bridgehead atoms. The molecule has 2 aromatic carbocycles. The smallest absolute Gasteiger partial charge is 0.340 e. The van der Waals surface area contributed by atoms with Crippen LogP contribution in [0.3, 0.4) is 0 Å². The van der Waals surface area contributed by atoms with Crippen LogP contribution in [-0.2, 0) is 9.53 Å². The number of nitrogens with one attached hydrogen (secondary N) is 1. The molecule has 0 atom stereocenters. The van der Waals surface area contributed by atoms with Crippen molar-refractivity contribution < 1.29 is 14.3 Å². The molecule has 0 aliphatic heterocycles. The summed E-state index contributed by atoms with van der Waals surface area (Å²) in [7, 11) is 0. The van der Waals surface area contributed by atoms with E-state index in [2.05, 4.69) is 5.32 Å². The Kier molecular flexibility index (Phi) is 5.41. The molecule has 0 fully saturated rings. The zero-order valence-corrected chi connectivity index (χ0v) is 13.2. The summed E-state index contributed by atoms with van der Waals surface area (Å²) < 4.78 is 4.93. The fourth-order valence-corrected chi connectivity index (χ4v) is 2.27. The molecule has 0 unspecified atom stereocenters. The molecule has 1 N–H and O–H groups in total. The van der Waals surface area contributed by atoms with Crippen LogP contribution in [0.1, 0.15) is 15.9 Å². The molecule has 4 nitrogen and oxygen atoms in total. The van der Waals surface area contributed by atoms with Crippen molar-refractivity contribution >= 4 is 40.8 Å². The minimum atomic E-state index is -0.680. The number of benzene rings is 2. The maximum absolute atomic E-state index is 11.9. The topological polar surface area (TPSA) is 55.4 Å². The van der Waals surface area contributed by atoms with Gasteiger partial charge in [-0.1, -0.05) is 35.3 Å². The molecule has 22 heavy (non-hydrogen) atoms. The first kappa shape index (κ1) is 16.3. The highest BCUT2D eigenvalue weighted by atomic mass is 35.5. The minimum Gasteiger partial charge on any atom is -0.452 e. The van der Waals surface area contributed by atoms with E-state index in [-0.39, 0.29) is 10.6 Å². The molecule has 6 heteroatoms. The van der Waals surface area contributed by atoms with E-state index in [0.29, 0.717) is 10.7 Å². The average Bonchev–Trinajstić information content (AvgIpc) is 2.45. The molecular weight excluding hydrogens is 325 g/mol. The maximum Gasteiger partial charge on any atom is 0.340 e. The molecule has 114 valence electrons. The van der Waals surface area contributed by atoms with Crippen molar-refractivity contribution in [2.24, 2.45) is 0 Å². The number of halogens is 2. The van der Waals surface area contributed by atoms with E-state index in [1.54, 1.807) is 6.07 Å². The number of carbonyl (C=O) groups is 2. The lowest BCUT2D eigenvalue weighted by Gasteiger charge is -2.08. The van der Waals surface area contributed by atoms with Gasteiger partial charge in [-0.15, -0.1) is 0 Å². The molecule has 0 heterocycles. The van der Waals surface area contributed by atoms with E-state index in [4.69, 9.17) is 27.9 Å². The van der Waals surface area contributed by atoms with E-state index in [1.807, 2.05) is 25.1 Å². The number of rotatable bonds is 4. The first-order valence-corrected chi connectivity index (χ1v) is 7.20. The third-order valence-electron chi connectivity index (χ3n) is 2.79. The predicted octanol–water partition coefficient (Wildman–Crippen LogP) is 4.10. The Labute approximate surface area is 138 Å². The first-order valence-electron chi connectivity index (χ1n) is 6.44. The normalized spacial score (nSPS) is 10.1. The average molecular weight is 338 g/mol. The van der Waals surface area contributed by atoms with Crippen molar-refractivity contribution in [3.8, 4) is 0 Å². The number of ether oxygens (including phenoxy) is 1. The van der Waals surface area contributed by atoms with E-state index < -0.39 is 18.5 Å². The monoisotopic (exact) mass is 337 g/mol. The van der Waals surface area contributed by atoms with Gasteiger partial charge in [-0.25, -0.2) is 4.79 Å². The summed E-state index contributed by atoms with van der Waals surface area (Å²) in [6.45, 7) is 1.52. The highest BCUT2D eigenvalue weighted by molar-refractivity contribution is 6.36. The number of hydrogen-bond acceptors (Lipinski definition) is 3. The Morgan fingerprint density at radius 2 is 1.91 bits per heavy atom. The van der Waals surface area contributed by atoms with Crippen molar-refractivity contribution in [3.05, 3.63) is 63.6 Å². The summed E-state index contributed by atoms with van der Waals surface area (Å²) in [4.78, 5) is 23.6. The van der Waals surface area contributed by atoms with Crippen LogP contribution in [0.25, 0.3) is 0 Å². The number of aryl methyl sites for hydroxylation is 1. The number of anilines is 1. The fraction of sp³-hybridized carbons (Fsp3) is 0.125. The summed E-state index contributed by atoms with van der Waals surface area (Å²) in [5.74, 6) is -1.11. The quantitative estimate of drug-likeness (QED) is 0.854. The van der Waals surface area contributed by atoms with Gasteiger partial charge in [0, 0.05) is 10.7 Å². The zero-order valence-electron chi connectivity index (χ0n) is 11.7. The van der Waals surface area contributed by atoms with Crippen LogP contribution in [0, 0.1) is 6.92 Å². The Bertz CT molecular complexity index is 716. The summed E-state index contributed by atoms with van der Waals surface area (Å²) in [6, 6.07) is 11.7. The van der Waals surface area contributed by atoms with Crippen LogP contribution in [-0.4, -0.2) is 18.5 Å². The highest BCUT2D eigenvalue weighted by Gasteiger charge is 2.14. The second kappa shape index (κ2) is 7.29. The second-order valence-corrected chi connectivity index (χ2v) is 5.46.